The summed E-state index contributed by atoms with van der Waals surface area (Å²) in [7, 11) is 0. The summed E-state index contributed by atoms with van der Waals surface area (Å²) in [6.07, 6.45) is 4.53. The van der Waals surface area contributed by atoms with E-state index in [-0.39, 0.29) is 29.6 Å². The first kappa shape index (κ1) is 22.6. The van der Waals surface area contributed by atoms with Crippen molar-refractivity contribution in [3.8, 4) is 0 Å². The number of piperidine rings is 2. The van der Waals surface area contributed by atoms with Crippen molar-refractivity contribution in [3.05, 3.63) is 34.9 Å². The van der Waals surface area contributed by atoms with Crippen molar-refractivity contribution < 1.29 is 14.4 Å². The lowest BCUT2D eigenvalue weighted by Gasteiger charge is -2.39. The minimum atomic E-state index is -0.594. The van der Waals surface area contributed by atoms with Crippen molar-refractivity contribution in [1.82, 2.24) is 15.1 Å². The van der Waals surface area contributed by atoms with E-state index in [1.807, 2.05) is 23.6 Å². The van der Waals surface area contributed by atoms with Gasteiger partial charge in [-0.1, -0.05) is 37.6 Å². The maximum absolute atomic E-state index is 13.4. The summed E-state index contributed by atoms with van der Waals surface area (Å²) in [6, 6.07) is 6.29. The van der Waals surface area contributed by atoms with Crippen LogP contribution in [0.1, 0.15) is 56.3 Å². The summed E-state index contributed by atoms with van der Waals surface area (Å²) in [5.41, 5.74) is 0.378. The Labute approximate surface area is 183 Å². The highest BCUT2D eigenvalue weighted by molar-refractivity contribution is 6.33. The van der Waals surface area contributed by atoms with E-state index in [0.29, 0.717) is 36.5 Å². The van der Waals surface area contributed by atoms with Gasteiger partial charge in [0, 0.05) is 32.1 Å². The van der Waals surface area contributed by atoms with Crippen molar-refractivity contribution in [1.29, 1.82) is 0 Å². The second-order valence-corrected chi connectivity index (χ2v) is 9.04. The lowest BCUT2D eigenvalue weighted by atomic mass is 9.87. The number of halogens is 1. The largest absolute Gasteiger partial charge is 0.342 e. The second-order valence-electron chi connectivity index (χ2n) is 8.63. The predicted molar refractivity (Wildman–Crippen MR) is 117 cm³/mol. The van der Waals surface area contributed by atoms with Crippen molar-refractivity contribution in [3.63, 3.8) is 0 Å². The van der Waals surface area contributed by atoms with Crippen molar-refractivity contribution in [2.75, 3.05) is 26.2 Å². The Kier molecular flexibility index (Phi) is 7.75. The molecule has 7 heteroatoms. The highest BCUT2D eigenvalue weighted by atomic mass is 35.5. The van der Waals surface area contributed by atoms with Gasteiger partial charge in [0.05, 0.1) is 10.6 Å². The van der Waals surface area contributed by atoms with Gasteiger partial charge in [-0.2, -0.15) is 0 Å². The first-order valence-corrected chi connectivity index (χ1v) is 11.4. The Balaban J connectivity index is 1.74. The summed E-state index contributed by atoms with van der Waals surface area (Å²) < 4.78 is 0. The summed E-state index contributed by atoms with van der Waals surface area (Å²) in [5.74, 6) is -0.220. The van der Waals surface area contributed by atoms with Crippen LogP contribution >= 0.6 is 11.6 Å². The van der Waals surface area contributed by atoms with Gasteiger partial charge in [0.2, 0.25) is 11.8 Å². The SMILES string of the molecule is CC(C)C(=O)N1CCC([C@H](NC(=O)c2ccccc2Cl)C(=O)N2CCCCC2)CC1. The standard InChI is InChI=1S/C23H32ClN3O3/c1-16(2)22(29)27-14-10-17(11-15-27)20(23(30)26-12-6-3-7-13-26)25-21(28)18-8-4-5-9-19(18)24/h4-5,8-9,16-17,20H,3,6-7,10-15H2,1-2H3,(H,25,28)/t20-/m0/s1. The molecule has 0 saturated carbocycles. The monoisotopic (exact) mass is 433 g/mol. The van der Waals surface area contributed by atoms with Gasteiger partial charge < -0.3 is 15.1 Å². The van der Waals surface area contributed by atoms with Gasteiger partial charge in [0.25, 0.3) is 5.91 Å². The molecule has 0 aliphatic carbocycles. The maximum Gasteiger partial charge on any atom is 0.253 e. The number of nitrogens with one attached hydrogen (secondary N) is 1. The fourth-order valence-electron chi connectivity index (χ4n) is 4.37. The number of hydrogen-bond donors (Lipinski definition) is 1. The number of likely N-dealkylation sites (tertiary alicyclic amines) is 2. The molecule has 0 spiro atoms. The molecule has 2 aliphatic rings. The predicted octanol–water partition coefficient (Wildman–Crippen LogP) is 3.35. The Morgan fingerprint density at radius 2 is 1.53 bits per heavy atom. The van der Waals surface area contributed by atoms with Crippen LogP contribution < -0.4 is 5.32 Å². The molecule has 3 amide bonds. The van der Waals surface area contributed by atoms with E-state index >= 15 is 0 Å². The topological polar surface area (TPSA) is 69.7 Å². The molecule has 6 nitrogen and oxygen atoms in total. The van der Waals surface area contributed by atoms with E-state index in [4.69, 9.17) is 11.6 Å². The molecule has 0 radical (unpaired) electrons. The first-order chi connectivity index (χ1) is 14.4. The van der Waals surface area contributed by atoms with Crippen LogP contribution in [0.25, 0.3) is 0 Å². The zero-order valence-electron chi connectivity index (χ0n) is 17.9. The van der Waals surface area contributed by atoms with E-state index in [0.717, 1.165) is 32.4 Å². The van der Waals surface area contributed by atoms with Gasteiger partial charge in [-0.05, 0) is 50.2 Å². The third kappa shape index (κ3) is 5.34. The van der Waals surface area contributed by atoms with Gasteiger partial charge in [-0.15, -0.1) is 0 Å². The summed E-state index contributed by atoms with van der Waals surface area (Å²) in [5, 5.41) is 3.36. The Bertz CT molecular complexity index is 769. The minimum Gasteiger partial charge on any atom is -0.342 e. The fraction of sp³-hybridized carbons (Fsp3) is 0.609. The molecule has 0 aromatic heterocycles. The Morgan fingerprint density at radius 3 is 2.13 bits per heavy atom. The molecule has 1 N–H and O–H groups in total. The van der Waals surface area contributed by atoms with Gasteiger partial charge in [-0.3, -0.25) is 14.4 Å². The zero-order valence-corrected chi connectivity index (χ0v) is 18.7. The van der Waals surface area contributed by atoms with Crippen LogP contribution in [-0.2, 0) is 9.59 Å². The van der Waals surface area contributed by atoms with Crippen LogP contribution in [-0.4, -0.2) is 59.7 Å². The molecule has 1 aromatic rings. The van der Waals surface area contributed by atoms with E-state index in [9.17, 15) is 14.4 Å². The number of hydrogen-bond acceptors (Lipinski definition) is 3. The molecule has 0 unspecified atom stereocenters. The van der Waals surface area contributed by atoms with Crippen molar-refractivity contribution >= 4 is 29.3 Å². The highest BCUT2D eigenvalue weighted by Crippen LogP contribution is 2.25. The first-order valence-electron chi connectivity index (χ1n) is 11.0. The Hall–Kier alpha value is -2.08. The molecule has 30 heavy (non-hydrogen) atoms. The number of nitrogens with zero attached hydrogens (tertiary/aromatic N) is 2. The van der Waals surface area contributed by atoms with Crippen LogP contribution in [0, 0.1) is 11.8 Å². The van der Waals surface area contributed by atoms with Gasteiger partial charge >= 0.3 is 0 Å². The van der Waals surface area contributed by atoms with E-state index < -0.39 is 6.04 Å². The smallest absolute Gasteiger partial charge is 0.253 e. The molecular formula is C23H32ClN3O3. The molecule has 164 valence electrons. The third-order valence-corrected chi connectivity index (χ3v) is 6.49. The zero-order chi connectivity index (χ0) is 21.7. The fourth-order valence-corrected chi connectivity index (χ4v) is 4.60. The average molecular weight is 434 g/mol. The number of carbonyl (C=O) groups excluding carboxylic acids is 3. The summed E-state index contributed by atoms with van der Waals surface area (Å²) in [4.78, 5) is 42.4. The molecule has 0 bridgehead atoms. The molecule has 2 fully saturated rings. The van der Waals surface area contributed by atoms with Gasteiger partial charge in [0.1, 0.15) is 6.04 Å². The molecule has 1 aromatic carbocycles. The molecule has 2 heterocycles. The number of amides is 3. The number of benzene rings is 1. The van der Waals surface area contributed by atoms with E-state index in [1.54, 1.807) is 24.3 Å². The van der Waals surface area contributed by atoms with E-state index in [2.05, 4.69) is 5.32 Å². The minimum absolute atomic E-state index is 0.00192. The molecule has 2 aliphatic heterocycles. The molecular weight excluding hydrogens is 402 g/mol. The second kappa shape index (κ2) is 10.3. The van der Waals surface area contributed by atoms with Crippen LogP contribution in [0.2, 0.25) is 5.02 Å². The molecule has 3 rings (SSSR count). The quantitative estimate of drug-likeness (QED) is 0.774. The van der Waals surface area contributed by atoms with Crippen LogP contribution in [0.5, 0.6) is 0 Å². The number of rotatable bonds is 5. The van der Waals surface area contributed by atoms with Crippen molar-refractivity contribution in [2.45, 2.75) is 52.0 Å². The lowest BCUT2D eigenvalue weighted by molar-refractivity contribution is -0.138. The highest BCUT2D eigenvalue weighted by Gasteiger charge is 2.36. The normalized spacial score (nSPS) is 18.9. The maximum atomic E-state index is 13.4. The summed E-state index contributed by atoms with van der Waals surface area (Å²) >= 11 is 6.20. The van der Waals surface area contributed by atoms with Crippen molar-refractivity contribution in [2.24, 2.45) is 11.8 Å². The van der Waals surface area contributed by atoms with Crippen LogP contribution in [0.4, 0.5) is 0 Å². The van der Waals surface area contributed by atoms with Crippen LogP contribution in [0.15, 0.2) is 24.3 Å². The van der Waals surface area contributed by atoms with Gasteiger partial charge in [0.15, 0.2) is 0 Å². The molecule has 1 atom stereocenters. The molecule has 2 saturated heterocycles. The lowest BCUT2D eigenvalue weighted by Crippen LogP contribution is -2.55. The van der Waals surface area contributed by atoms with E-state index in [1.165, 1.54) is 0 Å². The van der Waals surface area contributed by atoms with Crippen LogP contribution in [0.3, 0.4) is 0 Å². The Morgan fingerprint density at radius 1 is 0.933 bits per heavy atom. The van der Waals surface area contributed by atoms with Gasteiger partial charge in [-0.25, -0.2) is 0 Å². The summed E-state index contributed by atoms with van der Waals surface area (Å²) in [6.45, 7) is 6.52. The third-order valence-electron chi connectivity index (χ3n) is 6.16. The number of carbonyl (C=O) groups is 3. The average Bonchev–Trinajstić information content (AvgIpc) is 2.77.